The van der Waals surface area contributed by atoms with Crippen LogP contribution in [0.5, 0.6) is 5.75 Å². The predicted octanol–water partition coefficient (Wildman–Crippen LogP) is 1.04. The zero-order chi connectivity index (χ0) is 18.7. The summed E-state index contributed by atoms with van der Waals surface area (Å²) in [5.74, 6) is 1.63. The molecule has 1 aromatic rings. The Labute approximate surface area is 151 Å². The minimum absolute atomic E-state index is 0.0767. The highest BCUT2D eigenvalue weighted by Gasteiger charge is 2.06. The van der Waals surface area contributed by atoms with Crippen molar-refractivity contribution in [3.05, 3.63) is 29.3 Å². The van der Waals surface area contributed by atoms with Gasteiger partial charge in [-0.1, -0.05) is 17.7 Å². The van der Waals surface area contributed by atoms with Crippen LogP contribution in [0.25, 0.3) is 0 Å². The summed E-state index contributed by atoms with van der Waals surface area (Å²) in [6, 6.07) is 6.12. The lowest BCUT2D eigenvalue weighted by Gasteiger charge is -2.13. The van der Waals surface area contributed by atoms with E-state index in [-0.39, 0.29) is 5.75 Å². The Morgan fingerprint density at radius 2 is 1.96 bits per heavy atom. The third-order valence-electron chi connectivity index (χ3n) is 3.55. The van der Waals surface area contributed by atoms with Crippen molar-refractivity contribution in [2.24, 2.45) is 4.99 Å². The van der Waals surface area contributed by atoms with Crippen LogP contribution in [0.1, 0.15) is 25.0 Å². The summed E-state index contributed by atoms with van der Waals surface area (Å²) in [7, 11) is -1.50. The molecule has 0 fully saturated rings. The average Bonchev–Trinajstić information content (AvgIpc) is 2.59. The van der Waals surface area contributed by atoms with Crippen molar-refractivity contribution in [2.45, 2.75) is 27.2 Å². The van der Waals surface area contributed by atoms with Gasteiger partial charge >= 0.3 is 0 Å². The van der Waals surface area contributed by atoms with Crippen molar-refractivity contribution in [3.63, 3.8) is 0 Å². The van der Waals surface area contributed by atoms with Crippen molar-refractivity contribution in [3.8, 4) is 5.75 Å². The molecule has 0 saturated heterocycles. The SMILES string of the molecule is CCNC(=NCCNS(=O)(=O)CC)NCCc1cc(C)ccc1OC. The first-order valence-corrected chi connectivity index (χ1v) is 10.2. The fourth-order valence-electron chi connectivity index (χ4n) is 2.23. The van der Waals surface area contributed by atoms with Gasteiger partial charge in [-0.2, -0.15) is 0 Å². The van der Waals surface area contributed by atoms with E-state index in [0.717, 1.165) is 24.3 Å². The lowest BCUT2D eigenvalue weighted by molar-refractivity contribution is 0.409. The summed E-state index contributed by atoms with van der Waals surface area (Å²) in [6.07, 6.45) is 0.803. The lowest BCUT2D eigenvalue weighted by atomic mass is 10.1. The van der Waals surface area contributed by atoms with Gasteiger partial charge in [0.15, 0.2) is 5.96 Å². The van der Waals surface area contributed by atoms with Gasteiger partial charge in [0, 0.05) is 19.6 Å². The van der Waals surface area contributed by atoms with Crippen LogP contribution in [-0.2, 0) is 16.4 Å². The van der Waals surface area contributed by atoms with Crippen LogP contribution < -0.4 is 20.1 Å². The molecule has 1 rings (SSSR count). The lowest BCUT2D eigenvalue weighted by Crippen LogP contribution is -2.39. The van der Waals surface area contributed by atoms with Gasteiger partial charge in [0.25, 0.3) is 0 Å². The number of aryl methyl sites for hydroxylation is 1. The second kappa shape index (κ2) is 10.9. The number of benzene rings is 1. The van der Waals surface area contributed by atoms with E-state index in [1.807, 2.05) is 19.1 Å². The van der Waals surface area contributed by atoms with E-state index in [1.165, 1.54) is 5.56 Å². The number of ether oxygens (including phenoxy) is 1. The average molecular weight is 371 g/mol. The molecule has 25 heavy (non-hydrogen) atoms. The Kier molecular flexibility index (Phi) is 9.30. The molecule has 1 aromatic carbocycles. The molecule has 8 heteroatoms. The predicted molar refractivity (Wildman–Crippen MR) is 103 cm³/mol. The van der Waals surface area contributed by atoms with Crippen LogP contribution in [0, 0.1) is 6.92 Å². The molecular weight excluding hydrogens is 340 g/mol. The summed E-state index contributed by atoms with van der Waals surface area (Å²) in [4.78, 5) is 4.38. The molecule has 142 valence electrons. The second-order valence-electron chi connectivity index (χ2n) is 5.55. The Balaban J connectivity index is 2.52. The molecule has 0 radical (unpaired) electrons. The Hall–Kier alpha value is -1.80. The molecule has 0 saturated carbocycles. The monoisotopic (exact) mass is 370 g/mol. The minimum atomic E-state index is -3.17. The molecule has 0 spiro atoms. The molecule has 0 aromatic heterocycles. The summed E-state index contributed by atoms with van der Waals surface area (Å²) < 4.78 is 30.7. The Morgan fingerprint density at radius 3 is 2.60 bits per heavy atom. The molecule has 0 aliphatic carbocycles. The number of methoxy groups -OCH3 is 1. The van der Waals surface area contributed by atoms with Crippen LogP contribution >= 0.6 is 0 Å². The number of sulfonamides is 1. The number of nitrogens with zero attached hydrogens (tertiary/aromatic N) is 1. The molecule has 0 atom stereocenters. The smallest absolute Gasteiger partial charge is 0.211 e. The number of hydrogen-bond acceptors (Lipinski definition) is 4. The molecule has 0 heterocycles. The summed E-state index contributed by atoms with van der Waals surface area (Å²) in [5.41, 5.74) is 2.33. The second-order valence-corrected chi connectivity index (χ2v) is 7.65. The van der Waals surface area contributed by atoms with Gasteiger partial charge in [-0.25, -0.2) is 13.1 Å². The first-order chi connectivity index (χ1) is 11.9. The zero-order valence-corrected chi connectivity index (χ0v) is 16.4. The number of guanidine groups is 1. The van der Waals surface area contributed by atoms with Crippen molar-refractivity contribution >= 4 is 16.0 Å². The maximum atomic E-state index is 11.4. The normalized spacial score (nSPS) is 12.1. The first-order valence-electron chi connectivity index (χ1n) is 8.54. The number of hydrogen-bond donors (Lipinski definition) is 3. The minimum Gasteiger partial charge on any atom is -0.496 e. The van der Waals surface area contributed by atoms with E-state index in [9.17, 15) is 8.42 Å². The van der Waals surface area contributed by atoms with E-state index in [2.05, 4.69) is 33.3 Å². The van der Waals surface area contributed by atoms with Crippen molar-refractivity contribution in [1.82, 2.24) is 15.4 Å². The summed E-state index contributed by atoms with van der Waals surface area (Å²) >= 11 is 0. The van der Waals surface area contributed by atoms with Crippen LogP contribution in [0.2, 0.25) is 0 Å². The van der Waals surface area contributed by atoms with Crippen LogP contribution in [0.3, 0.4) is 0 Å². The highest BCUT2D eigenvalue weighted by Crippen LogP contribution is 2.19. The standard InChI is InChI=1S/C17H30N4O3S/c1-5-18-17(20-11-12-21-25(22,23)6-2)19-10-9-15-13-14(3)7-8-16(15)24-4/h7-8,13,21H,5-6,9-12H2,1-4H3,(H2,18,19,20). The third kappa shape index (κ3) is 8.22. The summed E-state index contributed by atoms with van der Waals surface area (Å²) in [5, 5.41) is 6.41. The molecule has 0 amide bonds. The molecule has 3 N–H and O–H groups in total. The van der Waals surface area contributed by atoms with Gasteiger partial charge in [-0.3, -0.25) is 4.99 Å². The van der Waals surface area contributed by atoms with E-state index >= 15 is 0 Å². The van der Waals surface area contributed by atoms with Crippen LogP contribution in [0.15, 0.2) is 23.2 Å². The highest BCUT2D eigenvalue weighted by molar-refractivity contribution is 7.89. The molecule has 7 nitrogen and oxygen atoms in total. The van der Waals surface area contributed by atoms with Crippen molar-refractivity contribution in [2.75, 3.05) is 39.0 Å². The van der Waals surface area contributed by atoms with E-state index in [0.29, 0.717) is 25.6 Å². The highest BCUT2D eigenvalue weighted by atomic mass is 32.2. The number of rotatable bonds is 10. The van der Waals surface area contributed by atoms with E-state index < -0.39 is 10.0 Å². The molecule has 0 unspecified atom stereocenters. The molecular formula is C17H30N4O3S. The van der Waals surface area contributed by atoms with Gasteiger partial charge in [0.2, 0.25) is 10.0 Å². The Bertz CT molecular complexity index is 660. The fraction of sp³-hybridized carbons (Fsp3) is 0.588. The van der Waals surface area contributed by atoms with Gasteiger partial charge in [0.1, 0.15) is 5.75 Å². The van der Waals surface area contributed by atoms with E-state index in [1.54, 1.807) is 14.0 Å². The largest absolute Gasteiger partial charge is 0.496 e. The zero-order valence-electron chi connectivity index (χ0n) is 15.6. The van der Waals surface area contributed by atoms with Crippen molar-refractivity contribution in [1.29, 1.82) is 0 Å². The molecule has 0 aliphatic rings. The molecule has 0 aliphatic heterocycles. The van der Waals surface area contributed by atoms with Crippen molar-refractivity contribution < 1.29 is 13.2 Å². The number of aliphatic imine (C=N–C) groups is 1. The summed E-state index contributed by atoms with van der Waals surface area (Å²) in [6.45, 7) is 7.75. The molecule has 0 bridgehead atoms. The topological polar surface area (TPSA) is 91.8 Å². The van der Waals surface area contributed by atoms with Gasteiger partial charge in [0.05, 0.1) is 19.4 Å². The van der Waals surface area contributed by atoms with Gasteiger partial charge in [-0.05, 0) is 38.8 Å². The Morgan fingerprint density at radius 1 is 1.20 bits per heavy atom. The van der Waals surface area contributed by atoms with Crippen LogP contribution in [-0.4, -0.2) is 53.4 Å². The fourth-order valence-corrected chi connectivity index (χ4v) is 2.84. The first kappa shape index (κ1) is 21.2. The quantitative estimate of drug-likeness (QED) is 0.325. The van der Waals surface area contributed by atoms with Gasteiger partial charge < -0.3 is 15.4 Å². The van der Waals surface area contributed by atoms with Gasteiger partial charge in [-0.15, -0.1) is 0 Å². The van der Waals surface area contributed by atoms with E-state index in [4.69, 9.17) is 4.74 Å². The maximum absolute atomic E-state index is 11.4. The maximum Gasteiger partial charge on any atom is 0.211 e. The number of nitrogens with one attached hydrogen (secondary N) is 3. The third-order valence-corrected chi connectivity index (χ3v) is 4.95. The van der Waals surface area contributed by atoms with Crippen LogP contribution in [0.4, 0.5) is 0 Å².